The highest BCUT2D eigenvalue weighted by Gasteiger charge is 2.14. The summed E-state index contributed by atoms with van der Waals surface area (Å²) in [5.74, 6) is 0.309. The highest BCUT2D eigenvalue weighted by molar-refractivity contribution is 5.88. The maximum absolute atomic E-state index is 14.5. The predicted octanol–water partition coefficient (Wildman–Crippen LogP) is 6.74. The van der Waals surface area contributed by atoms with Gasteiger partial charge in [-0.15, -0.1) is 5.10 Å². The van der Waals surface area contributed by atoms with E-state index in [0.717, 1.165) is 27.7 Å². The molecule has 0 aliphatic carbocycles. The lowest BCUT2D eigenvalue weighted by molar-refractivity contribution is 0.635. The van der Waals surface area contributed by atoms with Crippen molar-refractivity contribution in [2.75, 3.05) is 7.05 Å². The predicted molar refractivity (Wildman–Crippen MR) is 142 cm³/mol. The van der Waals surface area contributed by atoms with E-state index in [2.05, 4.69) is 69.7 Å². The van der Waals surface area contributed by atoms with Crippen LogP contribution in [0.2, 0.25) is 0 Å². The minimum atomic E-state index is -0.400. The first-order valence-electron chi connectivity index (χ1n) is 11.6. The molecule has 0 aliphatic rings. The van der Waals surface area contributed by atoms with Gasteiger partial charge in [0.15, 0.2) is 5.82 Å². The number of nitrogens with zero attached hydrogens (tertiary/aromatic N) is 5. The maximum Gasteiger partial charge on any atom is 0.153 e. The molecule has 35 heavy (non-hydrogen) atoms. The number of aromatic nitrogens is 5. The van der Waals surface area contributed by atoms with Gasteiger partial charge < -0.3 is 0 Å². The Morgan fingerprint density at radius 3 is 2.69 bits per heavy atom. The molecule has 0 amide bonds. The van der Waals surface area contributed by atoms with Crippen LogP contribution < -0.4 is 0 Å². The summed E-state index contributed by atoms with van der Waals surface area (Å²) < 4.78 is 16.1. The highest BCUT2D eigenvalue weighted by atomic mass is 19.1. The van der Waals surface area contributed by atoms with Crippen molar-refractivity contribution in [1.82, 2.24) is 25.2 Å². The Morgan fingerprint density at radius 1 is 1.14 bits per heavy atom. The van der Waals surface area contributed by atoms with E-state index in [1.165, 1.54) is 18.1 Å². The molecule has 6 nitrogen and oxygen atoms in total. The van der Waals surface area contributed by atoms with Gasteiger partial charge in [-0.25, -0.2) is 9.07 Å². The van der Waals surface area contributed by atoms with Crippen LogP contribution in [0.3, 0.4) is 0 Å². The number of aliphatic imine (C=N–C) groups is 1. The van der Waals surface area contributed by atoms with Crippen LogP contribution in [0.25, 0.3) is 33.2 Å². The fourth-order valence-corrected chi connectivity index (χ4v) is 3.76. The number of fused-ring (bicyclic) bond motifs is 2. The van der Waals surface area contributed by atoms with E-state index in [1.807, 2.05) is 37.3 Å². The van der Waals surface area contributed by atoms with Crippen LogP contribution in [0.4, 0.5) is 4.39 Å². The van der Waals surface area contributed by atoms with E-state index < -0.39 is 5.82 Å². The first-order chi connectivity index (χ1) is 17.0. The summed E-state index contributed by atoms with van der Waals surface area (Å²) in [4.78, 5) is 3.93. The Bertz CT molecular complexity index is 1480. The number of allylic oxidation sites excluding steroid dienone is 2. The van der Waals surface area contributed by atoms with Crippen molar-refractivity contribution in [3.05, 3.63) is 89.9 Å². The zero-order valence-electron chi connectivity index (χ0n) is 20.4. The van der Waals surface area contributed by atoms with Gasteiger partial charge in [-0.05, 0) is 72.4 Å². The number of rotatable bonds is 5. The number of nitrogens with one attached hydrogen (secondary N) is 1. The molecule has 0 spiro atoms. The molecule has 0 saturated carbocycles. The van der Waals surface area contributed by atoms with E-state index in [9.17, 15) is 4.39 Å². The molecule has 7 heteroatoms. The fourth-order valence-electron chi connectivity index (χ4n) is 3.76. The number of aromatic amines is 1. The Labute approximate surface area is 204 Å². The van der Waals surface area contributed by atoms with Crippen LogP contribution in [0.1, 0.15) is 44.2 Å². The Kier molecular flexibility index (Phi) is 7.45. The van der Waals surface area contributed by atoms with Crippen LogP contribution in [-0.2, 0) is 0 Å². The summed E-state index contributed by atoms with van der Waals surface area (Å²) in [5.41, 5.74) is 5.63. The molecule has 0 fully saturated rings. The van der Waals surface area contributed by atoms with Crippen molar-refractivity contribution in [2.24, 2.45) is 4.99 Å². The smallest absolute Gasteiger partial charge is 0.153 e. The molecule has 0 aliphatic heterocycles. The Hall–Kier alpha value is -4.13. The van der Waals surface area contributed by atoms with E-state index in [1.54, 1.807) is 24.1 Å². The molecule has 5 rings (SSSR count). The fraction of sp³-hybridized carbons (Fsp3) is 0.214. The molecule has 0 bridgehead atoms. The van der Waals surface area contributed by atoms with Crippen molar-refractivity contribution in [2.45, 2.75) is 33.1 Å². The normalized spacial score (nSPS) is 12.8. The molecule has 1 unspecified atom stereocenters. The lowest BCUT2D eigenvalue weighted by atomic mass is 9.99. The zero-order valence-corrected chi connectivity index (χ0v) is 20.4. The topological polar surface area (TPSA) is 71.8 Å². The Balaban J connectivity index is 0.000000243. The van der Waals surface area contributed by atoms with Gasteiger partial charge in [0.1, 0.15) is 5.52 Å². The van der Waals surface area contributed by atoms with Crippen molar-refractivity contribution in [1.29, 1.82) is 0 Å². The molecule has 3 aromatic carbocycles. The van der Waals surface area contributed by atoms with Crippen LogP contribution >= 0.6 is 0 Å². The molecular formula is C28H29FN6. The van der Waals surface area contributed by atoms with Gasteiger partial charge in [-0.3, -0.25) is 10.1 Å². The van der Waals surface area contributed by atoms with Crippen molar-refractivity contribution >= 4 is 33.7 Å². The lowest BCUT2D eigenvalue weighted by Gasteiger charge is -2.06. The molecule has 0 saturated heterocycles. The summed E-state index contributed by atoms with van der Waals surface area (Å²) >= 11 is 0. The molecule has 1 atom stereocenters. The van der Waals surface area contributed by atoms with Crippen LogP contribution in [0.15, 0.2) is 77.9 Å². The number of H-pyrrole nitrogens is 1. The van der Waals surface area contributed by atoms with E-state index in [0.29, 0.717) is 11.4 Å². The molecule has 178 valence electrons. The van der Waals surface area contributed by atoms with E-state index in [-0.39, 0.29) is 5.52 Å². The molecule has 5 aromatic rings. The van der Waals surface area contributed by atoms with Gasteiger partial charge >= 0.3 is 0 Å². The van der Waals surface area contributed by atoms with Gasteiger partial charge in [-0.2, -0.15) is 5.10 Å². The molecule has 1 N–H and O–H groups in total. The largest absolute Gasteiger partial charge is 0.297 e. The monoisotopic (exact) mass is 468 g/mol. The average molecular weight is 469 g/mol. The zero-order chi connectivity index (χ0) is 24.8. The minimum absolute atomic E-state index is 0.241. The van der Waals surface area contributed by atoms with Gasteiger partial charge in [0.05, 0.1) is 22.9 Å². The quantitative estimate of drug-likeness (QED) is 0.290. The van der Waals surface area contributed by atoms with Crippen molar-refractivity contribution in [3.63, 3.8) is 0 Å². The summed E-state index contributed by atoms with van der Waals surface area (Å²) in [6.45, 7) is 6.39. The van der Waals surface area contributed by atoms with Gasteiger partial charge in [0.2, 0.25) is 0 Å². The number of benzene rings is 3. The number of hydrogen-bond donors (Lipinski definition) is 1. The second-order valence-electron chi connectivity index (χ2n) is 8.45. The lowest BCUT2D eigenvalue weighted by Crippen LogP contribution is -1.97. The van der Waals surface area contributed by atoms with Gasteiger partial charge in [0, 0.05) is 18.6 Å². The summed E-state index contributed by atoms with van der Waals surface area (Å²) in [6.07, 6.45) is 6.49. The highest BCUT2D eigenvalue weighted by Crippen LogP contribution is 2.25. The summed E-state index contributed by atoms with van der Waals surface area (Å²) in [7, 11) is 1.69. The minimum Gasteiger partial charge on any atom is -0.297 e. The molecule has 2 heterocycles. The molecule has 0 radical (unpaired) electrons. The molecular weight excluding hydrogens is 439 g/mol. The van der Waals surface area contributed by atoms with Crippen LogP contribution in [0, 0.1) is 5.82 Å². The first-order valence-corrected chi connectivity index (χ1v) is 11.6. The van der Waals surface area contributed by atoms with E-state index >= 15 is 0 Å². The average Bonchev–Trinajstić information content (AvgIpc) is 3.54. The Morgan fingerprint density at radius 2 is 1.94 bits per heavy atom. The first kappa shape index (κ1) is 24.0. The standard InChI is InChI=1S/C18H15FN6.C10H14/c1-11(5-6-20-2)13-7-15(19)18-17(8-13)25(24-23-18)14-4-3-12-10-21-22-16(12)9-14;1-3-9(2)10-7-5-4-6-8-10/h3-10H,1-2H3,(H,21,22);4-9H,3H2,1-2H3/b11-5+,20-6?;. The van der Waals surface area contributed by atoms with Crippen molar-refractivity contribution in [3.8, 4) is 5.69 Å². The third kappa shape index (κ3) is 5.35. The van der Waals surface area contributed by atoms with Crippen LogP contribution in [0.5, 0.6) is 0 Å². The van der Waals surface area contributed by atoms with Gasteiger partial charge in [-0.1, -0.05) is 49.4 Å². The second-order valence-corrected chi connectivity index (χ2v) is 8.45. The third-order valence-corrected chi connectivity index (χ3v) is 6.09. The molecule has 2 aromatic heterocycles. The second kappa shape index (κ2) is 10.9. The maximum atomic E-state index is 14.5. The van der Waals surface area contributed by atoms with Crippen molar-refractivity contribution < 1.29 is 4.39 Å². The summed E-state index contributed by atoms with van der Waals surface area (Å²) in [6, 6.07) is 19.7. The number of hydrogen-bond acceptors (Lipinski definition) is 4. The van der Waals surface area contributed by atoms with E-state index in [4.69, 9.17) is 0 Å². The van der Waals surface area contributed by atoms with Gasteiger partial charge in [0.25, 0.3) is 0 Å². The third-order valence-electron chi connectivity index (χ3n) is 6.09. The SMILES string of the molecule is CCC(C)c1ccccc1.CN=C/C=C(\C)c1cc(F)c2nnn(-c3ccc4cn[nH]c4c3)c2c1. The summed E-state index contributed by atoms with van der Waals surface area (Å²) in [5, 5.41) is 16.1. The van der Waals surface area contributed by atoms with Crippen LogP contribution in [-0.4, -0.2) is 38.5 Å². The number of halogens is 1.